The summed E-state index contributed by atoms with van der Waals surface area (Å²) in [4.78, 5) is 18.4. The van der Waals surface area contributed by atoms with Crippen LogP contribution in [0.1, 0.15) is 38.2 Å². The number of piperidine rings is 1. The molecule has 2 aromatic carbocycles. The highest BCUT2D eigenvalue weighted by Gasteiger charge is 2.33. The number of fused-ring (bicyclic) bond motifs is 1. The summed E-state index contributed by atoms with van der Waals surface area (Å²) in [5.74, 6) is -0.117. The van der Waals surface area contributed by atoms with Crippen molar-refractivity contribution in [1.29, 1.82) is 0 Å². The van der Waals surface area contributed by atoms with Gasteiger partial charge in [0.05, 0.1) is 28.1 Å². The molecule has 0 aliphatic carbocycles. The molecule has 1 fully saturated rings. The van der Waals surface area contributed by atoms with E-state index in [9.17, 15) is 13.2 Å². The van der Waals surface area contributed by atoms with E-state index in [1.54, 1.807) is 12.1 Å². The number of sulfonamides is 1. The number of carbonyl (C=O) groups is 1. The number of hydrogen-bond donors (Lipinski definition) is 0. The fraction of sp³-hybridized carbons (Fsp3) is 0.440. The number of nitrogens with zero attached hydrogens (tertiary/aromatic N) is 3. The van der Waals surface area contributed by atoms with Crippen molar-refractivity contribution in [3.8, 4) is 5.75 Å². The summed E-state index contributed by atoms with van der Waals surface area (Å²) in [6, 6.07) is 12.7. The summed E-state index contributed by atoms with van der Waals surface area (Å²) in [5.41, 5.74) is 2.34. The first-order chi connectivity index (χ1) is 16.3. The molecule has 3 aromatic rings. The SMILES string of the molecule is CCCCc1ccc2c(c1)sc(=NC(=O)C1CCCN(S(=O)(=O)c3ccc(OC)cc3)C1)n2C. The maximum absolute atomic E-state index is 13.1. The van der Waals surface area contributed by atoms with E-state index < -0.39 is 15.9 Å². The number of benzene rings is 2. The number of aryl methyl sites for hydroxylation is 2. The van der Waals surface area contributed by atoms with Gasteiger partial charge >= 0.3 is 0 Å². The van der Waals surface area contributed by atoms with Crippen molar-refractivity contribution >= 4 is 37.5 Å². The lowest BCUT2D eigenvalue weighted by Crippen LogP contribution is -2.42. The van der Waals surface area contributed by atoms with E-state index in [1.165, 1.54) is 40.4 Å². The number of carbonyl (C=O) groups excluding carboxylic acids is 1. The van der Waals surface area contributed by atoms with Crippen LogP contribution in [-0.2, 0) is 28.3 Å². The molecular formula is C25H31N3O4S2. The Morgan fingerprint density at radius 3 is 2.68 bits per heavy atom. The summed E-state index contributed by atoms with van der Waals surface area (Å²) < 4.78 is 35.8. The highest BCUT2D eigenvalue weighted by molar-refractivity contribution is 7.89. The molecule has 0 bridgehead atoms. The van der Waals surface area contributed by atoms with Crippen LogP contribution in [0.25, 0.3) is 10.2 Å². The third-order valence-corrected chi connectivity index (χ3v) is 9.30. The maximum atomic E-state index is 13.1. The maximum Gasteiger partial charge on any atom is 0.252 e. The fourth-order valence-electron chi connectivity index (χ4n) is 4.27. The molecule has 2 heterocycles. The number of methoxy groups -OCH3 is 1. The van der Waals surface area contributed by atoms with Crippen LogP contribution in [0.4, 0.5) is 0 Å². The second kappa shape index (κ2) is 10.4. The van der Waals surface area contributed by atoms with Crippen LogP contribution in [0.5, 0.6) is 5.75 Å². The monoisotopic (exact) mass is 501 g/mol. The molecule has 1 unspecified atom stereocenters. The number of amides is 1. The molecule has 9 heteroatoms. The van der Waals surface area contributed by atoms with E-state index in [2.05, 4.69) is 30.1 Å². The zero-order chi connectivity index (χ0) is 24.3. The van der Waals surface area contributed by atoms with Crippen molar-refractivity contribution in [3.05, 3.63) is 52.8 Å². The van der Waals surface area contributed by atoms with Gasteiger partial charge in [-0.1, -0.05) is 30.7 Å². The molecule has 1 atom stereocenters. The second-order valence-electron chi connectivity index (χ2n) is 8.68. The molecule has 1 saturated heterocycles. The van der Waals surface area contributed by atoms with Crippen LogP contribution in [0.2, 0.25) is 0 Å². The Kier molecular flexibility index (Phi) is 7.54. The largest absolute Gasteiger partial charge is 0.497 e. The lowest BCUT2D eigenvalue weighted by atomic mass is 9.99. The molecule has 1 amide bonds. The number of thiazole rings is 1. The molecule has 0 radical (unpaired) electrons. The number of rotatable bonds is 7. The zero-order valence-electron chi connectivity index (χ0n) is 19.9. The molecule has 1 aliphatic heterocycles. The smallest absolute Gasteiger partial charge is 0.252 e. The van der Waals surface area contributed by atoms with Crippen LogP contribution in [0.3, 0.4) is 0 Å². The Morgan fingerprint density at radius 2 is 1.97 bits per heavy atom. The number of aromatic nitrogens is 1. The predicted octanol–water partition coefficient (Wildman–Crippen LogP) is 4.12. The Bertz CT molecular complexity index is 1340. The average Bonchev–Trinajstić information content (AvgIpc) is 3.17. The molecular weight excluding hydrogens is 470 g/mol. The summed E-state index contributed by atoms with van der Waals surface area (Å²) in [7, 11) is -0.234. The molecule has 182 valence electrons. The molecule has 0 saturated carbocycles. The van der Waals surface area contributed by atoms with E-state index in [-0.39, 0.29) is 17.3 Å². The summed E-state index contributed by atoms with van der Waals surface area (Å²) in [6.07, 6.45) is 4.60. The highest BCUT2D eigenvalue weighted by atomic mass is 32.2. The second-order valence-corrected chi connectivity index (χ2v) is 11.6. The van der Waals surface area contributed by atoms with E-state index in [0.717, 1.165) is 29.5 Å². The number of hydrogen-bond acceptors (Lipinski definition) is 5. The molecule has 1 aromatic heterocycles. The minimum absolute atomic E-state index is 0.145. The van der Waals surface area contributed by atoms with Gasteiger partial charge in [-0.05, 0) is 67.6 Å². The van der Waals surface area contributed by atoms with E-state index >= 15 is 0 Å². The normalized spacial score (nSPS) is 17.9. The number of ether oxygens (including phenoxy) is 1. The van der Waals surface area contributed by atoms with Gasteiger partial charge in [0.15, 0.2) is 4.80 Å². The van der Waals surface area contributed by atoms with Gasteiger partial charge in [-0.3, -0.25) is 4.79 Å². The third kappa shape index (κ3) is 5.11. The van der Waals surface area contributed by atoms with Crippen LogP contribution < -0.4 is 9.54 Å². The van der Waals surface area contributed by atoms with Crippen molar-refractivity contribution in [1.82, 2.24) is 8.87 Å². The van der Waals surface area contributed by atoms with Gasteiger partial charge in [-0.25, -0.2) is 8.42 Å². The van der Waals surface area contributed by atoms with Crippen LogP contribution in [0.15, 0.2) is 52.4 Å². The minimum Gasteiger partial charge on any atom is -0.497 e. The van der Waals surface area contributed by atoms with E-state index in [4.69, 9.17) is 4.74 Å². The summed E-state index contributed by atoms with van der Waals surface area (Å²) in [6.45, 7) is 2.72. The number of unbranched alkanes of at least 4 members (excludes halogenated alkanes) is 1. The molecule has 1 aliphatic rings. The lowest BCUT2D eigenvalue weighted by molar-refractivity contribution is -0.122. The van der Waals surface area contributed by atoms with Gasteiger partial charge in [0.2, 0.25) is 10.0 Å². The first kappa shape index (κ1) is 24.6. The molecule has 7 nitrogen and oxygen atoms in total. The third-order valence-electron chi connectivity index (χ3n) is 6.33. The first-order valence-electron chi connectivity index (χ1n) is 11.6. The summed E-state index contributed by atoms with van der Waals surface area (Å²) >= 11 is 1.50. The molecule has 4 rings (SSSR count). The van der Waals surface area contributed by atoms with E-state index in [0.29, 0.717) is 29.9 Å². The predicted molar refractivity (Wildman–Crippen MR) is 134 cm³/mol. The van der Waals surface area contributed by atoms with Crippen LogP contribution in [0, 0.1) is 5.92 Å². The van der Waals surface area contributed by atoms with Gasteiger partial charge in [-0.2, -0.15) is 9.30 Å². The Hall–Kier alpha value is -2.49. The van der Waals surface area contributed by atoms with Crippen LogP contribution >= 0.6 is 11.3 Å². The van der Waals surface area contributed by atoms with E-state index in [1.807, 2.05) is 11.6 Å². The standard InChI is InChI=1S/C25H31N3O4S2/c1-4-5-7-18-9-14-22-23(16-18)33-25(27(22)2)26-24(29)19-8-6-15-28(17-19)34(30,31)21-12-10-20(32-3)11-13-21/h9-14,16,19H,4-8,15,17H2,1-3H3. The Labute approximate surface area is 204 Å². The molecule has 0 N–H and O–H groups in total. The Balaban J connectivity index is 1.54. The fourth-order valence-corrected chi connectivity index (χ4v) is 6.88. The van der Waals surface area contributed by atoms with Gasteiger partial charge in [0.1, 0.15) is 5.75 Å². The van der Waals surface area contributed by atoms with Gasteiger partial charge in [-0.15, -0.1) is 0 Å². The van der Waals surface area contributed by atoms with Gasteiger partial charge in [0.25, 0.3) is 5.91 Å². The molecule has 0 spiro atoms. The average molecular weight is 502 g/mol. The summed E-state index contributed by atoms with van der Waals surface area (Å²) in [5, 5.41) is 0. The van der Waals surface area contributed by atoms with Gasteiger partial charge in [0, 0.05) is 20.1 Å². The quantitative estimate of drug-likeness (QED) is 0.488. The van der Waals surface area contributed by atoms with Gasteiger partial charge < -0.3 is 9.30 Å². The van der Waals surface area contributed by atoms with Crippen molar-refractivity contribution < 1.29 is 17.9 Å². The Morgan fingerprint density at radius 1 is 1.21 bits per heavy atom. The topological polar surface area (TPSA) is 81.0 Å². The van der Waals surface area contributed by atoms with Crippen LogP contribution in [-0.4, -0.2) is 43.4 Å². The highest BCUT2D eigenvalue weighted by Crippen LogP contribution is 2.26. The first-order valence-corrected chi connectivity index (χ1v) is 13.9. The van der Waals surface area contributed by atoms with Crippen molar-refractivity contribution in [2.24, 2.45) is 18.0 Å². The lowest BCUT2D eigenvalue weighted by Gasteiger charge is -2.30. The zero-order valence-corrected chi connectivity index (χ0v) is 21.5. The molecule has 34 heavy (non-hydrogen) atoms. The van der Waals surface area contributed by atoms with Crippen molar-refractivity contribution in [2.75, 3.05) is 20.2 Å². The van der Waals surface area contributed by atoms with Crippen molar-refractivity contribution in [3.63, 3.8) is 0 Å². The minimum atomic E-state index is -3.69. The van der Waals surface area contributed by atoms with Crippen molar-refractivity contribution in [2.45, 2.75) is 43.9 Å².